The molecule has 3 nitrogen and oxygen atoms in total. The van der Waals surface area contributed by atoms with Crippen molar-refractivity contribution in [2.24, 2.45) is 0 Å². The molecule has 0 aliphatic carbocycles. The van der Waals surface area contributed by atoms with Gasteiger partial charge in [-0.1, -0.05) is 40.2 Å². The Morgan fingerprint density at radius 1 is 1.12 bits per heavy atom. The summed E-state index contributed by atoms with van der Waals surface area (Å²) in [7, 11) is 0. The van der Waals surface area contributed by atoms with Crippen LogP contribution in [0.2, 0.25) is 0 Å². The Balaban J connectivity index is 2.38. The van der Waals surface area contributed by atoms with E-state index in [1.807, 2.05) is 0 Å². The first-order chi connectivity index (χ1) is 11.4. The van der Waals surface area contributed by atoms with E-state index < -0.39 is 12.3 Å². The number of alkyl halides is 4. The van der Waals surface area contributed by atoms with Gasteiger partial charge in [0.25, 0.3) is 0 Å². The van der Waals surface area contributed by atoms with E-state index >= 15 is 0 Å². The molecule has 0 unspecified atom stereocenters. The maximum Gasteiger partial charge on any atom is 0.573 e. The van der Waals surface area contributed by atoms with E-state index in [4.69, 9.17) is 4.74 Å². The summed E-state index contributed by atoms with van der Waals surface area (Å²) < 4.78 is 45.5. The van der Waals surface area contributed by atoms with Gasteiger partial charge >= 0.3 is 12.3 Å². The minimum atomic E-state index is -4.73. The fourth-order valence-corrected chi connectivity index (χ4v) is 2.84. The second-order valence-electron chi connectivity index (χ2n) is 4.76. The summed E-state index contributed by atoms with van der Waals surface area (Å²) in [5.41, 5.74) is 2.53. The lowest BCUT2D eigenvalue weighted by atomic mass is 9.96. The molecule has 0 saturated carbocycles. The van der Waals surface area contributed by atoms with Gasteiger partial charge in [0.15, 0.2) is 0 Å². The first-order valence-electron chi connectivity index (χ1n) is 7.07. The number of ether oxygens (including phenoxy) is 2. The molecular weight excluding hydrogens is 389 g/mol. The number of rotatable bonds is 5. The van der Waals surface area contributed by atoms with Crippen LogP contribution in [0.1, 0.15) is 22.8 Å². The summed E-state index contributed by atoms with van der Waals surface area (Å²) >= 11 is 3.35. The zero-order valence-corrected chi connectivity index (χ0v) is 14.3. The van der Waals surface area contributed by atoms with Crippen LogP contribution >= 0.6 is 15.9 Å². The third-order valence-electron chi connectivity index (χ3n) is 3.20. The second kappa shape index (κ2) is 7.70. The Hall–Kier alpha value is -2.02. The smallest absolute Gasteiger partial charge is 0.462 e. The average molecular weight is 403 g/mol. The molecule has 0 spiro atoms. The third kappa shape index (κ3) is 4.50. The van der Waals surface area contributed by atoms with Gasteiger partial charge in [-0.3, -0.25) is 0 Å². The maximum atomic E-state index is 12.2. The Bertz CT molecular complexity index is 712. The maximum absolute atomic E-state index is 12.2. The van der Waals surface area contributed by atoms with E-state index in [9.17, 15) is 18.0 Å². The SMILES string of the molecule is CCOC(=O)c1cccc(-c2ccc(OC(F)(F)F)cc2)c1CBr. The first-order valence-corrected chi connectivity index (χ1v) is 8.19. The van der Waals surface area contributed by atoms with Crippen molar-refractivity contribution in [1.82, 2.24) is 0 Å². The molecule has 0 amide bonds. The summed E-state index contributed by atoms with van der Waals surface area (Å²) in [6.07, 6.45) is -4.73. The van der Waals surface area contributed by atoms with Gasteiger partial charge in [-0.2, -0.15) is 0 Å². The molecule has 0 radical (unpaired) electrons. The minimum absolute atomic E-state index is 0.258. The van der Waals surface area contributed by atoms with Gasteiger partial charge in [-0.25, -0.2) is 4.79 Å². The van der Waals surface area contributed by atoms with Crippen LogP contribution < -0.4 is 4.74 Å². The van der Waals surface area contributed by atoms with E-state index in [0.717, 1.165) is 5.56 Å². The Kier molecular flexibility index (Phi) is 5.88. The molecular formula is C17H14BrF3O3. The quantitative estimate of drug-likeness (QED) is 0.501. The van der Waals surface area contributed by atoms with Gasteiger partial charge < -0.3 is 9.47 Å². The lowest BCUT2D eigenvalue weighted by Gasteiger charge is -2.13. The molecule has 0 heterocycles. The van der Waals surface area contributed by atoms with E-state index in [2.05, 4.69) is 20.7 Å². The van der Waals surface area contributed by atoms with Gasteiger partial charge in [-0.15, -0.1) is 13.2 Å². The van der Waals surface area contributed by atoms with Crippen molar-refractivity contribution < 1.29 is 27.4 Å². The summed E-state index contributed by atoms with van der Waals surface area (Å²) in [5, 5.41) is 0.401. The van der Waals surface area contributed by atoms with Crippen LogP contribution in [0.4, 0.5) is 13.2 Å². The number of benzene rings is 2. The second-order valence-corrected chi connectivity index (χ2v) is 5.32. The highest BCUT2D eigenvalue weighted by Gasteiger charge is 2.31. The van der Waals surface area contributed by atoms with Crippen LogP contribution in [0, 0.1) is 0 Å². The molecule has 128 valence electrons. The monoisotopic (exact) mass is 402 g/mol. The summed E-state index contributed by atoms with van der Waals surface area (Å²) in [6, 6.07) is 10.6. The van der Waals surface area contributed by atoms with Gasteiger partial charge in [0.2, 0.25) is 0 Å². The number of hydrogen-bond donors (Lipinski definition) is 0. The normalized spacial score (nSPS) is 11.2. The third-order valence-corrected chi connectivity index (χ3v) is 3.76. The molecule has 0 saturated heterocycles. The zero-order chi connectivity index (χ0) is 17.7. The number of carbonyl (C=O) groups is 1. The number of hydrogen-bond acceptors (Lipinski definition) is 3. The Labute approximate surface area is 145 Å². The Morgan fingerprint density at radius 3 is 2.33 bits per heavy atom. The molecule has 2 aromatic carbocycles. The molecule has 0 N–H and O–H groups in total. The number of carbonyl (C=O) groups excluding carboxylic acids is 1. The van der Waals surface area contributed by atoms with Crippen molar-refractivity contribution in [3.05, 3.63) is 53.6 Å². The largest absolute Gasteiger partial charge is 0.573 e. The van der Waals surface area contributed by atoms with Gasteiger partial charge in [0.1, 0.15) is 5.75 Å². The van der Waals surface area contributed by atoms with E-state index in [-0.39, 0.29) is 12.4 Å². The van der Waals surface area contributed by atoms with Crippen LogP contribution in [0.15, 0.2) is 42.5 Å². The van der Waals surface area contributed by atoms with Crippen LogP contribution in [-0.2, 0) is 10.1 Å². The molecule has 24 heavy (non-hydrogen) atoms. The van der Waals surface area contributed by atoms with Crippen LogP contribution in [0.5, 0.6) is 5.75 Å². The molecule has 2 aromatic rings. The zero-order valence-electron chi connectivity index (χ0n) is 12.7. The van der Waals surface area contributed by atoms with Crippen molar-refractivity contribution >= 4 is 21.9 Å². The average Bonchev–Trinajstić information content (AvgIpc) is 2.53. The standard InChI is InChI=1S/C17H14BrF3O3/c1-2-23-16(22)14-5-3-4-13(15(14)10-18)11-6-8-12(9-7-11)24-17(19,20)21/h3-9H,2,10H2,1H3. The van der Waals surface area contributed by atoms with Crippen molar-refractivity contribution in [2.75, 3.05) is 6.61 Å². The van der Waals surface area contributed by atoms with E-state index in [1.54, 1.807) is 25.1 Å². The number of esters is 1. The van der Waals surface area contributed by atoms with E-state index in [0.29, 0.717) is 22.0 Å². The molecule has 0 aliphatic rings. The van der Waals surface area contributed by atoms with Crippen molar-refractivity contribution in [3.8, 4) is 16.9 Å². The number of halogens is 4. The highest BCUT2D eigenvalue weighted by molar-refractivity contribution is 9.08. The topological polar surface area (TPSA) is 35.5 Å². The van der Waals surface area contributed by atoms with Gasteiger partial charge in [-0.05, 0) is 41.8 Å². The Morgan fingerprint density at radius 2 is 1.79 bits per heavy atom. The summed E-state index contributed by atoms with van der Waals surface area (Å²) in [5.74, 6) is -0.737. The highest BCUT2D eigenvalue weighted by Crippen LogP contribution is 2.31. The van der Waals surface area contributed by atoms with Gasteiger partial charge in [0, 0.05) is 5.33 Å². The lowest BCUT2D eigenvalue weighted by molar-refractivity contribution is -0.274. The predicted octanol–water partition coefficient (Wildman–Crippen LogP) is 5.32. The van der Waals surface area contributed by atoms with Crippen molar-refractivity contribution in [3.63, 3.8) is 0 Å². The highest BCUT2D eigenvalue weighted by atomic mass is 79.9. The van der Waals surface area contributed by atoms with Crippen molar-refractivity contribution in [1.29, 1.82) is 0 Å². The summed E-state index contributed by atoms with van der Waals surface area (Å²) in [6.45, 7) is 1.98. The molecule has 0 aliphatic heterocycles. The van der Waals surface area contributed by atoms with Crippen LogP contribution in [0.3, 0.4) is 0 Å². The summed E-state index contributed by atoms with van der Waals surface area (Å²) in [4.78, 5) is 12.0. The molecule has 0 fully saturated rings. The molecule has 0 atom stereocenters. The molecule has 0 aromatic heterocycles. The fourth-order valence-electron chi connectivity index (χ4n) is 2.24. The van der Waals surface area contributed by atoms with Crippen LogP contribution in [0.25, 0.3) is 11.1 Å². The lowest BCUT2D eigenvalue weighted by Crippen LogP contribution is -2.16. The van der Waals surface area contributed by atoms with E-state index in [1.165, 1.54) is 24.3 Å². The molecule has 0 bridgehead atoms. The fraction of sp³-hybridized carbons (Fsp3) is 0.235. The predicted molar refractivity (Wildman–Crippen MR) is 87.1 cm³/mol. The molecule has 7 heteroatoms. The molecule has 2 rings (SSSR count). The van der Waals surface area contributed by atoms with Crippen LogP contribution in [-0.4, -0.2) is 18.9 Å². The first kappa shape index (κ1) is 18.3. The minimum Gasteiger partial charge on any atom is -0.462 e. The van der Waals surface area contributed by atoms with Crippen molar-refractivity contribution in [2.45, 2.75) is 18.6 Å². The van der Waals surface area contributed by atoms with Gasteiger partial charge in [0.05, 0.1) is 12.2 Å².